The van der Waals surface area contributed by atoms with Crippen molar-refractivity contribution >= 4 is 11.7 Å². The first-order valence-electron chi connectivity index (χ1n) is 10.1. The maximum atomic E-state index is 13.2. The number of nitriles is 1. The molecule has 4 rings (SSSR count). The van der Waals surface area contributed by atoms with Gasteiger partial charge in [0.1, 0.15) is 11.9 Å². The van der Waals surface area contributed by atoms with Crippen LogP contribution in [0.15, 0.2) is 18.3 Å². The van der Waals surface area contributed by atoms with Crippen molar-refractivity contribution in [1.29, 1.82) is 5.26 Å². The molecule has 1 saturated heterocycles. The number of hydrogen-bond acceptors (Lipinski definition) is 6. The summed E-state index contributed by atoms with van der Waals surface area (Å²) >= 11 is 0. The number of likely N-dealkylation sites (tertiary alicyclic amines) is 1. The van der Waals surface area contributed by atoms with Gasteiger partial charge >= 0.3 is 0 Å². The van der Waals surface area contributed by atoms with Crippen LogP contribution in [0.3, 0.4) is 0 Å². The molecule has 0 saturated carbocycles. The van der Waals surface area contributed by atoms with Gasteiger partial charge in [-0.25, -0.2) is 4.98 Å². The maximum Gasteiger partial charge on any atom is 0.274 e. The summed E-state index contributed by atoms with van der Waals surface area (Å²) in [4.78, 5) is 19.4. The molecular formula is C21H26N6O2. The number of rotatable bonds is 3. The van der Waals surface area contributed by atoms with Crippen molar-refractivity contribution < 1.29 is 9.53 Å². The van der Waals surface area contributed by atoms with Crippen LogP contribution in [0.25, 0.3) is 0 Å². The number of nitrogens with zero attached hydrogens (tertiary/aromatic N) is 5. The third-order valence-corrected chi connectivity index (χ3v) is 5.74. The summed E-state index contributed by atoms with van der Waals surface area (Å²) in [7, 11) is 1.88. The van der Waals surface area contributed by atoms with Gasteiger partial charge in [0, 0.05) is 44.4 Å². The van der Waals surface area contributed by atoms with Crippen molar-refractivity contribution in [2.24, 2.45) is 7.05 Å². The molecule has 29 heavy (non-hydrogen) atoms. The average Bonchev–Trinajstić information content (AvgIpc) is 3.05. The molecule has 0 bridgehead atoms. The van der Waals surface area contributed by atoms with E-state index in [1.165, 1.54) is 0 Å². The standard InChI is InChI=1S/C21H26N6O2/c1-13-10-17-19(25-26(3)20(17)14(2)29-13)21(28)27-8-6-16(7-9-27)24-18-5-4-15(11-22)12-23-18/h4-5,12-14,16H,6-10H2,1-3H3,(H,23,24)/t13-,14+/m1/s1. The van der Waals surface area contributed by atoms with E-state index in [-0.39, 0.29) is 24.2 Å². The molecule has 0 aromatic carbocycles. The number of aryl methyl sites for hydroxylation is 1. The van der Waals surface area contributed by atoms with Gasteiger partial charge in [0.2, 0.25) is 0 Å². The van der Waals surface area contributed by atoms with E-state index in [0.717, 1.165) is 36.3 Å². The summed E-state index contributed by atoms with van der Waals surface area (Å²) in [6.45, 7) is 5.41. The second kappa shape index (κ2) is 7.84. The molecular weight excluding hydrogens is 368 g/mol. The molecule has 2 aliphatic heterocycles. The third kappa shape index (κ3) is 3.83. The van der Waals surface area contributed by atoms with Gasteiger partial charge in [0.05, 0.1) is 23.5 Å². The number of aromatic nitrogens is 3. The Labute approximate surface area is 170 Å². The molecule has 1 fully saturated rings. The Morgan fingerprint density at radius 1 is 1.31 bits per heavy atom. The Morgan fingerprint density at radius 3 is 2.72 bits per heavy atom. The van der Waals surface area contributed by atoms with Crippen molar-refractivity contribution in [1.82, 2.24) is 19.7 Å². The molecule has 1 amide bonds. The Morgan fingerprint density at radius 2 is 2.07 bits per heavy atom. The largest absolute Gasteiger partial charge is 0.369 e. The van der Waals surface area contributed by atoms with Gasteiger partial charge in [0.15, 0.2) is 5.69 Å². The van der Waals surface area contributed by atoms with Crippen LogP contribution in [0.4, 0.5) is 5.82 Å². The van der Waals surface area contributed by atoms with Crippen LogP contribution in [0.2, 0.25) is 0 Å². The molecule has 2 aromatic heterocycles. The highest BCUT2D eigenvalue weighted by molar-refractivity contribution is 5.94. The van der Waals surface area contributed by atoms with Crippen molar-refractivity contribution in [2.75, 3.05) is 18.4 Å². The van der Waals surface area contributed by atoms with Gasteiger partial charge in [0.25, 0.3) is 5.91 Å². The van der Waals surface area contributed by atoms with Gasteiger partial charge < -0.3 is 15.0 Å². The highest BCUT2D eigenvalue weighted by Gasteiger charge is 2.34. The molecule has 4 heterocycles. The van der Waals surface area contributed by atoms with Gasteiger partial charge in [-0.15, -0.1) is 0 Å². The second-order valence-electron chi connectivity index (χ2n) is 7.88. The minimum absolute atomic E-state index is 0.0121. The molecule has 0 radical (unpaired) electrons. The predicted octanol–water partition coefficient (Wildman–Crippen LogP) is 2.43. The average molecular weight is 394 g/mol. The number of nitrogens with one attached hydrogen (secondary N) is 1. The predicted molar refractivity (Wildman–Crippen MR) is 107 cm³/mol. The van der Waals surface area contributed by atoms with Gasteiger partial charge in [-0.05, 0) is 38.8 Å². The quantitative estimate of drug-likeness (QED) is 0.859. The fourth-order valence-electron chi connectivity index (χ4n) is 4.34. The van der Waals surface area contributed by atoms with Crippen LogP contribution in [0.5, 0.6) is 0 Å². The Balaban J connectivity index is 1.41. The summed E-state index contributed by atoms with van der Waals surface area (Å²) in [5.74, 6) is 0.772. The van der Waals surface area contributed by atoms with Crippen molar-refractivity contribution in [2.45, 2.75) is 51.4 Å². The number of carbonyl (C=O) groups is 1. The van der Waals surface area contributed by atoms with E-state index in [1.54, 1.807) is 16.9 Å². The lowest BCUT2D eigenvalue weighted by Gasteiger charge is -2.32. The van der Waals surface area contributed by atoms with E-state index in [9.17, 15) is 4.79 Å². The minimum atomic E-state index is -0.0531. The number of fused-ring (bicyclic) bond motifs is 1. The van der Waals surface area contributed by atoms with Gasteiger partial charge in [-0.2, -0.15) is 10.4 Å². The Bertz CT molecular complexity index is 937. The zero-order valence-electron chi connectivity index (χ0n) is 17.1. The zero-order valence-corrected chi connectivity index (χ0v) is 17.1. The number of ether oxygens (including phenoxy) is 1. The van der Waals surface area contributed by atoms with Crippen LogP contribution in [0, 0.1) is 11.3 Å². The highest BCUT2D eigenvalue weighted by Crippen LogP contribution is 2.32. The summed E-state index contributed by atoms with van der Waals surface area (Å²) in [6, 6.07) is 5.90. The smallest absolute Gasteiger partial charge is 0.274 e. The lowest BCUT2D eigenvalue weighted by Crippen LogP contribution is -2.43. The van der Waals surface area contributed by atoms with Gasteiger partial charge in [-0.1, -0.05) is 0 Å². The zero-order chi connectivity index (χ0) is 20.5. The summed E-state index contributed by atoms with van der Waals surface area (Å²) in [5.41, 5.74) is 3.16. The fraction of sp³-hybridized carbons (Fsp3) is 0.524. The first kappa shape index (κ1) is 19.4. The van der Waals surface area contributed by atoms with Crippen LogP contribution >= 0.6 is 0 Å². The van der Waals surface area contributed by atoms with Gasteiger partial charge in [-0.3, -0.25) is 9.48 Å². The molecule has 1 N–H and O–H groups in total. The number of amides is 1. The fourth-order valence-corrected chi connectivity index (χ4v) is 4.34. The summed E-state index contributed by atoms with van der Waals surface area (Å²) in [5, 5.41) is 16.8. The maximum absolute atomic E-state index is 13.2. The summed E-state index contributed by atoms with van der Waals surface area (Å²) < 4.78 is 7.70. The van der Waals surface area contributed by atoms with Crippen LogP contribution in [-0.2, 0) is 18.2 Å². The van der Waals surface area contributed by atoms with E-state index in [4.69, 9.17) is 10.00 Å². The molecule has 152 valence electrons. The van der Waals surface area contributed by atoms with Crippen LogP contribution < -0.4 is 5.32 Å². The summed E-state index contributed by atoms with van der Waals surface area (Å²) in [6.07, 6.45) is 4.01. The third-order valence-electron chi connectivity index (χ3n) is 5.74. The number of hydrogen-bond donors (Lipinski definition) is 1. The van der Waals surface area contributed by atoms with E-state index in [2.05, 4.69) is 21.5 Å². The Kier molecular flexibility index (Phi) is 5.24. The van der Waals surface area contributed by atoms with Crippen LogP contribution in [-0.4, -0.2) is 50.8 Å². The van der Waals surface area contributed by atoms with Crippen molar-refractivity contribution in [3.63, 3.8) is 0 Å². The number of piperidine rings is 1. The molecule has 0 aliphatic carbocycles. The number of pyridine rings is 1. The number of anilines is 1. The van der Waals surface area contributed by atoms with E-state index >= 15 is 0 Å². The van der Waals surface area contributed by atoms with Crippen molar-refractivity contribution in [3.8, 4) is 6.07 Å². The van der Waals surface area contributed by atoms with E-state index in [0.29, 0.717) is 24.3 Å². The van der Waals surface area contributed by atoms with Crippen molar-refractivity contribution in [3.05, 3.63) is 40.8 Å². The lowest BCUT2D eigenvalue weighted by molar-refractivity contribution is -0.00907. The molecule has 0 unspecified atom stereocenters. The molecule has 8 heteroatoms. The second-order valence-corrected chi connectivity index (χ2v) is 7.88. The van der Waals surface area contributed by atoms with E-state index < -0.39 is 0 Å². The molecule has 2 aromatic rings. The topological polar surface area (TPSA) is 96.1 Å². The lowest BCUT2D eigenvalue weighted by atomic mass is 9.98. The molecule has 0 spiro atoms. The molecule has 2 aliphatic rings. The SMILES string of the molecule is C[C@@H]1Cc2c(C(=O)N3CCC(Nc4ccc(C#N)cn4)CC3)nn(C)c2[C@H](C)O1. The Hall–Kier alpha value is -2.92. The normalized spacial score (nSPS) is 22.1. The van der Waals surface area contributed by atoms with Crippen LogP contribution in [0.1, 0.15) is 60.1 Å². The first-order valence-corrected chi connectivity index (χ1v) is 10.1. The number of carbonyl (C=O) groups excluding carboxylic acids is 1. The molecule has 8 nitrogen and oxygen atoms in total. The minimum Gasteiger partial charge on any atom is -0.369 e. The molecule has 2 atom stereocenters. The monoisotopic (exact) mass is 394 g/mol. The van der Waals surface area contributed by atoms with E-state index in [1.807, 2.05) is 31.9 Å². The highest BCUT2D eigenvalue weighted by atomic mass is 16.5. The first-order chi connectivity index (χ1) is 14.0.